The SMILES string of the molecule is CC1(CNCc2cccc(Cl)c2O)COC1. The average Bonchev–Trinajstić information content (AvgIpc) is 2.22. The van der Waals surface area contributed by atoms with Gasteiger partial charge in [0.2, 0.25) is 0 Å². The molecule has 4 heteroatoms. The van der Waals surface area contributed by atoms with Gasteiger partial charge in [0, 0.05) is 24.1 Å². The van der Waals surface area contributed by atoms with Crippen LogP contribution >= 0.6 is 11.6 Å². The summed E-state index contributed by atoms with van der Waals surface area (Å²) in [5.41, 5.74) is 1.07. The van der Waals surface area contributed by atoms with E-state index >= 15 is 0 Å². The lowest BCUT2D eigenvalue weighted by molar-refractivity contribution is -0.0991. The third kappa shape index (κ3) is 2.48. The van der Waals surface area contributed by atoms with E-state index in [0.717, 1.165) is 25.3 Å². The number of phenolic OH excluding ortho intramolecular Hbond substituents is 1. The Balaban J connectivity index is 1.87. The highest BCUT2D eigenvalue weighted by atomic mass is 35.5. The normalized spacial score (nSPS) is 18.1. The van der Waals surface area contributed by atoms with Crippen LogP contribution in [0.2, 0.25) is 5.02 Å². The zero-order valence-corrected chi connectivity index (χ0v) is 10.0. The van der Waals surface area contributed by atoms with Crippen molar-refractivity contribution in [2.75, 3.05) is 19.8 Å². The van der Waals surface area contributed by atoms with E-state index in [9.17, 15) is 5.11 Å². The molecule has 1 fully saturated rings. The van der Waals surface area contributed by atoms with Crippen LogP contribution in [0.25, 0.3) is 0 Å². The van der Waals surface area contributed by atoms with E-state index in [1.54, 1.807) is 6.07 Å². The standard InChI is InChI=1S/C12H16ClNO2/c1-12(7-16-8-12)6-14-5-9-3-2-4-10(13)11(9)15/h2-4,14-15H,5-8H2,1H3. The molecular formula is C12H16ClNO2. The van der Waals surface area contributed by atoms with Crippen LogP contribution in [0.3, 0.4) is 0 Å². The van der Waals surface area contributed by atoms with Crippen molar-refractivity contribution in [3.63, 3.8) is 0 Å². The number of ether oxygens (including phenoxy) is 1. The van der Waals surface area contributed by atoms with Crippen LogP contribution in [0.4, 0.5) is 0 Å². The topological polar surface area (TPSA) is 41.5 Å². The summed E-state index contributed by atoms with van der Waals surface area (Å²) >= 11 is 5.82. The fraction of sp³-hybridized carbons (Fsp3) is 0.500. The van der Waals surface area contributed by atoms with E-state index in [4.69, 9.17) is 16.3 Å². The molecule has 0 amide bonds. The lowest BCUT2D eigenvalue weighted by atomic mass is 9.89. The number of halogens is 1. The first-order valence-electron chi connectivity index (χ1n) is 5.36. The maximum atomic E-state index is 9.70. The number of nitrogens with one attached hydrogen (secondary N) is 1. The van der Waals surface area contributed by atoms with Crippen molar-refractivity contribution in [1.29, 1.82) is 0 Å². The van der Waals surface area contributed by atoms with Gasteiger partial charge < -0.3 is 15.2 Å². The first kappa shape index (κ1) is 11.7. The first-order valence-corrected chi connectivity index (χ1v) is 5.73. The van der Waals surface area contributed by atoms with Crippen LogP contribution in [-0.2, 0) is 11.3 Å². The molecule has 1 aliphatic rings. The van der Waals surface area contributed by atoms with E-state index in [1.807, 2.05) is 12.1 Å². The van der Waals surface area contributed by atoms with Crippen molar-refractivity contribution in [2.24, 2.45) is 5.41 Å². The summed E-state index contributed by atoms with van der Waals surface area (Å²) in [5.74, 6) is 0.173. The van der Waals surface area contributed by atoms with Crippen LogP contribution < -0.4 is 5.32 Å². The third-order valence-corrected chi connectivity index (χ3v) is 3.14. The smallest absolute Gasteiger partial charge is 0.138 e. The van der Waals surface area contributed by atoms with E-state index < -0.39 is 0 Å². The fourth-order valence-electron chi connectivity index (χ4n) is 1.75. The second-order valence-corrected chi connectivity index (χ2v) is 5.06. The molecule has 0 aromatic heterocycles. The Kier molecular flexibility index (Phi) is 3.38. The van der Waals surface area contributed by atoms with Gasteiger partial charge in [0.1, 0.15) is 5.75 Å². The molecule has 2 N–H and O–H groups in total. The van der Waals surface area contributed by atoms with Crippen LogP contribution in [0, 0.1) is 5.41 Å². The quantitative estimate of drug-likeness (QED) is 0.849. The maximum Gasteiger partial charge on any atom is 0.138 e. The van der Waals surface area contributed by atoms with Gasteiger partial charge in [-0.05, 0) is 6.07 Å². The van der Waals surface area contributed by atoms with Gasteiger partial charge in [-0.3, -0.25) is 0 Å². The number of hydrogen-bond donors (Lipinski definition) is 2. The van der Waals surface area contributed by atoms with Crippen LogP contribution in [0.15, 0.2) is 18.2 Å². The summed E-state index contributed by atoms with van der Waals surface area (Å²) in [6.45, 7) is 5.31. The number of benzene rings is 1. The Morgan fingerprint density at radius 2 is 2.25 bits per heavy atom. The maximum absolute atomic E-state index is 9.70. The molecule has 1 aromatic carbocycles. The van der Waals surface area contributed by atoms with Gasteiger partial charge in [0.15, 0.2) is 0 Å². The lowest BCUT2D eigenvalue weighted by Crippen LogP contribution is -2.47. The number of hydrogen-bond acceptors (Lipinski definition) is 3. The fourth-order valence-corrected chi connectivity index (χ4v) is 1.95. The van der Waals surface area contributed by atoms with Gasteiger partial charge in [0.25, 0.3) is 0 Å². The van der Waals surface area contributed by atoms with Gasteiger partial charge in [-0.1, -0.05) is 30.7 Å². The van der Waals surface area contributed by atoms with Gasteiger partial charge in [-0.25, -0.2) is 0 Å². The van der Waals surface area contributed by atoms with Crippen molar-refractivity contribution >= 4 is 11.6 Å². The second kappa shape index (κ2) is 4.62. The molecule has 0 unspecified atom stereocenters. The van der Waals surface area contributed by atoms with Crippen molar-refractivity contribution in [3.8, 4) is 5.75 Å². The third-order valence-electron chi connectivity index (χ3n) is 2.84. The largest absolute Gasteiger partial charge is 0.506 e. The van der Waals surface area contributed by atoms with Crippen molar-refractivity contribution in [3.05, 3.63) is 28.8 Å². The summed E-state index contributed by atoms with van der Waals surface area (Å²) < 4.78 is 5.17. The number of aromatic hydroxyl groups is 1. The van der Waals surface area contributed by atoms with E-state index in [2.05, 4.69) is 12.2 Å². The molecule has 0 bridgehead atoms. The van der Waals surface area contributed by atoms with Crippen molar-refractivity contribution in [2.45, 2.75) is 13.5 Å². The van der Waals surface area contributed by atoms with Gasteiger partial charge in [-0.15, -0.1) is 0 Å². The van der Waals surface area contributed by atoms with Crippen LogP contribution in [0.1, 0.15) is 12.5 Å². The molecule has 16 heavy (non-hydrogen) atoms. The van der Waals surface area contributed by atoms with E-state index in [1.165, 1.54) is 0 Å². The number of para-hydroxylation sites is 1. The summed E-state index contributed by atoms with van der Waals surface area (Å²) in [6, 6.07) is 5.39. The summed E-state index contributed by atoms with van der Waals surface area (Å²) in [4.78, 5) is 0. The van der Waals surface area contributed by atoms with Crippen molar-refractivity contribution < 1.29 is 9.84 Å². The number of rotatable bonds is 4. The molecule has 2 rings (SSSR count). The first-order chi connectivity index (χ1) is 7.61. The second-order valence-electron chi connectivity index (χ2n) is 4.65. The molecule has 1 saturated heterocycles. The molecule has 0 atom stereocenters. The highest BCUT2D eigenvalue weighted by Gasteiger charge is 2.32. The molecular weight excluding hydrogens is 226 g/mol. The van der Waals surface area contributed by atoms with E-state index in [-0.39, 0.29) is 11.2 Å². The highest BCUT2D eigenvalue weighted by molar-refractivity contribution is 6.32. The van der Waals surface area contributed by atoms with Gasteiger partial charge >= 0.3 is 0 Å². The predicted octanol–water partition coefficient (Wildman–Crippen LogP) is 2.17. The number of phenols is 1. The Hall–Kier alpha value is -0.770. The zero-order valence-electron chi connectivity index (χ0n) is 9.29. The molecule has 0 radical (unpaired) electrons. The van der Waals surface area contributed by atoms with Crippen LogP contribution in [0.5, 0.6) is 5.75 Å². The van der Waals surface area contributed by atoms with E-state index in [0.29, 0.717) is 11.6 Å². The Morgan fingerprint density at radius 3 is 2.88 bits per heavy atom. The minimum absolute atomic E-state index is 0.173. The molecule has 3 nitrogen and oxygen atoms in total. The molecule has 0 spiro atoms. The molecule has 1 aromatic rings. The monoisotopic (exact) mass is 241 g/mol. The van der Waals surface area contributed by atoms with Crippen LogP contribution in [-0.4, -0.2) is 24.9 Å². The molecule has 1 heterocycles. The van der Waals surface area contributed by atoms with Gasteiger partial charge in [0.05, 0.1) is 18.2 Å². The Labute approximate surface area is 100 Å². The summed E-state index contributed by atoms with van der Waals surface area (Å²) in [6.07, 6.45) is 0. The minimum atomic E-state index is 0.173. The Morgan fingerprint density at radius 1 is 1.50 bits per heavy atom. The molecule has 0 saturated carbocycles. The zero-order chi connectivity index (χ0) is 11.6. The highest BCUT2D eigenvalue weighted by Crippen LogP contribution is 2.28. The Bertz CT molecular complexity index is 377. The van der Waals surface area contributed by atoms with Gasteiger partial charge in [-0.2, -0.15) is 0 Å². The molecule has 0 aliphatic carbocycles. The minimum Gasteiger partial charge on any atom is -0.506 e. The molecule has 88 valence electrons. The lowest BCUT2D eigenvalue weighted by Gasteiger charge is -2.38. The predicted molar refractivity (Wildman–Crippen MR) is 63.7 cm³/mol. The molecule has 1 aliphatic heterocycles. The summed E-state index contributed by atoms with van der Waals surface area (Å²) in [7, 11) is 0. The average molecular weight is 242 g/mol. The van der Waals surface area contributed by atoms with Crippen molar-refractivity contribution in [1.82, 2.24) is 5.32 Å². The summed E-state index contributed by atoms with van der Waals surface area (Å²) in [5, 5.41) is 13.4.